The Morgan fingerprint density at radius 1 is 1.21 bits per heavy atom. The van der Waals surface area contributed by atoms with Crippen molar-refractivity contribution in [1.82, 2.24) is 0 Å². The second-order valence-electron chi connectivity index (χ2n) is 3.59. The van der Waals surface area contributed by atoms with Gasteiger partial charge in [0, 0.05) is 18.2 Å². The van der Waals surface area contributed by atoms with Gasteiger partial charge in [-0.3, -0.25) is 0 Å². The van der Waals surface area contributed by atoms with Gasteiger partial charge in [-0.2, -0.15) is 0 Å². The van der Waals surface area contributed by atoms with Gasteiger partial charge < -0.3 is 4.74 Å². The molecule has 0 aliphatic carbocycles. The normalized spacial score (nSPS) is 10.5. The predicted octanol–water partition coefficient (Wildman–Crippen LogP) is 3.73. The maximum atomic E-state index is 5.02. The number of unbranched alkanes of at least 4 members (excludes halogenated alkanes) is 1. The summed E-state index contributed by atoms with van der Waals surface area (Å²) in [6.07, 6.45) is 3.48. The molecular formula is C12H17BrO. The molecule has 0 aliphatic heterocycles. The molecule has 0 N–H and O–H groups in total. The first-order valence-corrected chi connectivity index (χ1v) is 5.76. The van der Waals surface area contributed by atoms with Crippen LogP contribution in [0.4, 0.5) is 0 Å². The molecular weight excluding hydrogens is 240 g/mol. The van der Waals surface area contributed by atoms with Crippen LogP contribution >= 0.6 is 15.9 Å². The largest absolute Gasteiger partial charge is 0.385 e. The van der Waals surface area contributed by atoms with E-state index in [0.29, 0.717) is 0 Å². The van der Waals surface area contributed by atoms with E-state index in [4.69, 9.17) is 4.74 Å². The third-order valence-electron chi connectivity index (χ3n) is 2.17. The van der Waals surface area contributed by atoms with Crippen molar-refractivity contribution >= 4 is 15.9 Å². The first-order valence-electron chi connectivity index (χ1n) is 4.97. The highest BCUT2D eigenvalue weighted by Gasteiger charge is 1.96. The molecule has 0 fully saturated rings. The zero-order valence-electron chi connectivity index (χ0n) is 8.85. The molecule has 14 heavy (non-hydrogen) atoms. The lowest BCUT2D eigenvalue weighted by Crippen LogP contribution is -1.92. The molecule has 1 aromatic rings. The monoisotopic (exact) mass is 256 g/mol. The van der Waals surface area contributed by atoms with Crippen LogP contribution in [0.1, 0.15) is 24.0 Å². The summed E-state index contributed by atoms with van der Waals surface area (Å²) in [6.45, 7) is 3.00. The van der Waals surface area contributed by atoms with E-state index in [9.17, 15) is 0 Å². The number of halogens is 1. The van der Waals surface area contributed by atoms with Crippen LogP contribution in [0.2, 0.25) is 0 Å². The van der Waals surface area contributed by atoms with Crippen molar-refractivity contribution in [3.05, 3.63) is 33.8 Å². The Labute approximate surface area is 94.6 Å². The van der Waals surface area contributed by atoms with E-state index in [1.807, 2.05) is 0 Å². The summed E-state index contributed by atoms with van der Waals surface area (Å²) in [6, 6.07) is 6.58. The lowest BCUT2D eigenvalue weighted by molar-refractivity contribution is 0.193. The minimum atomic E-state index is 0.868. The van der Waals surface area contributed by atoms with Gasteiger partial charge in [-0.1, -0.05) is 22.0 Å². The smallest absolute Gasteiger partial charge is 0.0462 e. The van der Waals surface area contributed by atoms with Crippen LogP contribution in [0.5, 0.6) is 0 Å². The maximum Gasteiger partial charge on any atom is 0.0462 e. The third-order valence-corrected chi connectivity index (χ3v) is 2.62. The summed E-state index contributed by atoms with van der Waals surface area (Å²) in [7, 11) is 1.75. The van der Waals surface area contributed by atoms with E-state index in [-0.39, 0.29) is 0 Å². The average molecular weight is 257 g/mol. The average Bonchev–Trinajstić information content (AvgIpc) is 2.11. The Kier molecular flexibility index (Phi) is 5.20. The Balaban J connectivity index is 2.42. The molecule has 0 atom stereocenters. The Hall–Kier alpha value is -0.340. The number of benzene rings is 1. The molecule has 0 bridgehead atoms. The quantitative estimate of drug-likeness (QED) is 0.730. The summed E-state index contributed by atoms with van der Waals surface area (Å²) >= 11 is 3.51. The topological polar surface area (TPSA) is 9.23 Å². The number of hydrogen-bond donors (Lipinski definition) is 0. The van der Waals surface area contributed by atoms with Gasteiger partial charge >= 0.3 is 0 Å². The van der Waals surface area contributed by atoms with E-state index in [1.165, 1.54) is 22.0 Å². The summed E-state index contributed by atoms with van der Waals surface area (Å²) < 4.78 is 6.20. The highest BCUT2D eigenvalue weighted by molar-refractivity contribution is 9.10. The van der Waals surface area contributed by atoms with Gasteiger partial charge in [0.2, 0.25) is 0 Å². The molecule has 1 aromatic carbocycles. The molecule has 0 heterocycles. The molecule has 0 saturated carbocycles. The molecule has 0 saturated heterocycles. The standard InChI is InChI=1S/C12H17BrO/c1-10-7-11(9-12(13)8-10)5-3-4-6-14-2/h7-9H,3-6H2,1-2H3. The third kappa shape index (κ3) is 4.25. The highest BCUT2D eigenvalue weighted by Crippen LogP contribution is 2.16. The molecule has 0 spiro atoms. The van der Waals surface area contributed by atoms with Crippen molar-refractivity contribution in [1.29, 1.82) is 0 Å². The van der Waals surface area contributed by atoms with E-state index in [2.05, 4.69) is 41.1 Å². The van der Waals surface area contributed by atoms with Gasteiger partial charge in [-0.25, -0.2) is 0 Å². The molecule has 0 amide bonds. The number of ether oxygens (including phenoxy) is 1. The summed E-state index contributed by atoms with van der Waals surface area (Å²) in [5.74, 6) is 0. The molecule has 0 aliphatic rings. The lowest BCUT2D eigenvalue weighted by Gasteiger charge is -2.03. The van der Waals surface area contributed by atoms with E-state index >= 15 is 0 Å². The van der Waals surface area contributed by atoms with E-state index in [1.54, 1.807) is 7.11 Å². The van der Waals surface area contributed by atoms with Crippen molar-refractivity contribution < 1.29 is 4.74 Å². The maximum absolute atomic E-state index is 5.02. The molecule has 0 radical (unpaired) electrons. The van der Waals surface area contributed by atoms with Crippen LogP contribution in [0.15, 0.2) is 22.7 Å². The van der Waals surface area contributed by atoms with Gasteiger partial charge in [0.25, 0.3) is 0 Å². The Bertz CT molecular complexity index is 263. The zero-order valence-corrected chi connectivity index (χ0v) is 10.4. The minimum Gasteiger partial charge on any atom is -0.385 e. The molecule has 1 nitrogen and oxygen atoms in total. The van der Waals surface area contributed by atoms with Crippen LogP contribution in [-0.4, -0.2) is 13.7 Å². The van der Waals surface area contributed by atoms with E-state index < -0.39 is 0 Å². The SMILES string of the molecule is COCCCCc1cc(C)cc(Br)c1. The second kappa shape index (κ2) is 6.20. The minimum absolute atomic E-state index is 0.868. The Morgan fingerprint density at radius 3 is 2.64 bits per heavy atom. The van der Waals surface area contributed by atoms with Gasteiger partial charge in [0.05, 0.1) is 0 Å². The van der Waals surface area contributed by atoms with Crippen molar-refractivity contribution in [3.63, 3.8) is 0 Å². The molecule has 0 aromatic heterocycles. The van der Waals surface area contributed by atoms with E-state index in [0.717, 1.165) is 19.4 Å². The number of hydrogen-bond acceptors (Lipinski definition) is 1. The number of aryl methyl sites for hydroxylation is 2. The van der Waals surface area contributed by atoms with Gasteiger partial charge in [-0.05, 0) is 49.4 Å². The molecule has 78 valence electrons. The first-order chi connectivity index (χ1) is 6.72. The Morgan fingerprint density at radius 2 is 2.00 bits per heavy atom. The van der Waals surface area contributed by atoms with Crippen LogP contribution < -0.4 is 0 Å². The van der Waals surface area contributed by atoms with Crippen LogP contribution in [0.25, 0.3) is 0 Å². The van der Waals surface area contributed by atoms with Crippen LogP contribution in [0.3, 0.4) is 0 Å². The van der Waals surface area contributed by atoms with Crippen molar-refractivity contribution in [2.75, 3.05) is 13.7 Å². The van der Waals surface area contributed by atoms with Crippen molar-refractivity contribution in [3.8, 4) is 0 Å². The second-order valence-corrected chi connectivity index (χ2v) is 4.50. The number of methoxy groups -OCH3 is 1. The van der Waals surface area contributed by atoms with Crippen LogP contribution in [0, 0.1) is 6.92 Å². The summed E-state index contributed by atoms with van der Waals surface area (Å²) in [4.78, 5) is 0. The predicted molar refractivity (Wildman–Crippen MR) is 63.7 cm³/mol. The van der Waals surface area contributed by atoms with Crippen molar-refractivity contribution in [2.45, 2.75) is 26.2 Å². The van der Waals surface area contributed by atoms with Crippen LogP contribution in [-0.2, 0) is 11.2 Å². The van der Waals surface area contributed by atoms with Gasteiger partial charge in [-0.15, -0.1) is 0 Å². The summed E-state index contributed by atoms with van der Waals surface area (Å²) in [5, 5.41) is 0. The lowest BCUT2D eigenvalue weighted by atomic mass is 10.1. The van der Waals surface area contributed by atoms with Gasteiger partial charge in [0.1, 0.15) is 0 Å². The number of rotatable bonds is 5. The zero-order chi connectivity index (χ0) is 10.4. The first kappa shape index (κ1) is 11.7. The fourth-order valence-corrected chi connectivity index (χ4v) is 2.19. The summed E-state index contributed by atoms with van der Waals surface area (Å²) in [5.41, 5.74) is 2.73. The molecule has 0 unspecified atom stereocenters. The fraction of sp³-hybridized carbons (Fsp3) is 0.500. The molecule has 1 rings (SSSR count). The van der Waals surface area contributed by atoms with Crippen molar-refractivity contribution in [2.24, 2.45) is 0 Å². The fourth-order valence-electron chi connectivity index (χ4n) is 1.53. The van der Waals surface area contributed by atoms with Gasteiger partial charge in [0.15, 0.2) is 0 Å². The highest BCUT2D eigenvalue weighted by atomic mass is 79.9. The molecule has 2 heteroatoms.